The van der Waals surface area contributed by atoms with Gasteiger partial charge in [0.05, 0.1) is 6.42 Å². The van der Waals surface area contributed by atoms with Gasteiger partial charge in [0.1, 0.15) is 5.67 Å². The standard InChI is InChI=1S/C10H18FNO2/c1-10(11,7-9(13)14)8-12-5-3-2-4-6-12/h2-8H2,1H3,(H,13,14). The first kappa shape index (κ1) is 11.4. The van der Waals surface area contributed by atoms with E-state index >= 15 is 0 Å². The van der Waals surface area contributed by atoms with Gasteiger partial charge in [-0.1, -0.05) is 6.42 Å². The maximum Gasteiger partial charge on any atom is 0.306 e. The zero-order valence-electron chi connectivity index (χ0n) is 8.63. The minimum absolute atomic E-state index is 0.249. The van der Waals surface area contributed by atoms with E-state index in [0.29, 0.717) is 0 Å². The number of nitrogens with zero attached hydrogens (tertiary/aromatic N) is 1. The molecule has 0 aromatic rings. The summed E-state index contributed by atoms with van der Waals surface area (Å²) in [6, 6.07) is 0. The zero-order chi connectivity index (χ0) is 10.6. The summed E-state index contributed by atoms with van der Waals surface area (Å²) in [6.07, 6.45) is 3.01. The molecule has 0 aromatic carbocycles. The van der Waals surface area contributed by atoms with E-state index in [1.54, 1.807) is 0 Å². The van der Waals surface area contributed by atoms with Crippen molar-refractivity contribution < 1.29 is 14.3 Å². The summed E-state index contributed by atoms with van der Waals surface area (Å²) in [5, 5.41) is 8.52. The van der Waals surface area contributed by atoms with E-state index in [1.165, 1.54) is 13.3 Å². The molecule has 1 rings (SSSR count). The lowest BCUT2D eigenvalue weighted by molar-refractivity contribution is -0.140. The molecule has 4 heteroatoms. The second-order valence-corrected chi connectivity index (χ2v) is 4.32. The molecule has 1 aliphatic heterocycles. The molecule has 1 saturated heterocycles. The number of alkyl halides is 1. The lowest BCUT2D eigenvalue weighted by Crippen LogP contribution is -2.41. The first-order valence-electron chi connectivity index (χ1n) is 5.13. The monoisotopic (exact) mass is 203 g/mol. The van der Waals surface area contributed by atoms with Crippen LogP contribution in [0.5, 0.6) is 0 Å². The third-order valence-corrected chi connectivity index (χ3v) is 2.52. The number of piperidine rings is 1. The molecule has 0 spiro atoms. The molecule has 1 unspecified atom stereocenters. The molecule has 0 radical (unpaired) electrons. The number of hydrogen-bond donors (Lipinski definition) is 1. The van der Waals surface area contributed by atoms with Gasteiger partial charge in [0.2, 0.25) is 0 Å². The summed E-state index contributed by atoms with van der Waals surface area (Å²) in [7, 11) is 0. The van der Waals surface area contributed by atoms with E-state index in [2.05, 4.69) is 0 Å². The highest BCUT2D eigenvalue weighted by molar-refractivity contribution is 5.68. The Bertz CT molecular complexity index is 200. The number of hydrogen-bond acceptors (Lipinski definition) is 2. The summed E-state index contributed by atoms with van der Waals surface area (Å²) in [6.45, 7) is 3.42. The Morgan fingerprint density at radius 3 is 2.50 bits per heavy atom. The molecule has 82 valence electrons. The first-order chi connectivity index (χ1) is 6.49. The van der Waals surface area contributed by atoms with Crippen molar-refractivity contribution >= 4 is 5.97 Å². The molecule has 0 bridgehead atoms. The van der Waals surface area contributed by atoms with E-state index in [1.807, 2.05) is 4.90 Å². The predicted octanol–water partition coefficient (Wildman–Crippen LogP) is 1.68. The molecule has 3 nitrogen and oxygen atoms in total. The second kappa shape index (κ2) is 4.73. The number of carboxylic acid groups (broad SMARTS) is 1. The zero-order valence-corrected chi connectivity index (χ0v) is 8.63. The topological polar surface area (TPSA) is 40.5 Å². The average molecular weight is 203 g/mol. The average Bonchev–Trinajstić information content (AvgIpc) is 2.02. The van der Waals surface area contributed by atoms with E-state index in [-0.39, 0.29) is 6.54 Å². The van der Waals surface area contributed by atoms with Gasteiger partial charge in [-0.3, -0.25) is 4.79 Å². The number of carbonyl (C=O) groups is 1. The van der Waals surface area contributed by atoms with Crippen molar-refractivity contribution in [3.63, 3.8) is 0 Å². The Labute approximate surface area is 83.9 Å². The van der Waals surface area contributed by atoms with Crippen LogP contribution in [0, 0.1) is 0 Å². The molecular weight excluding hydrogens is 185 g/mol. The number of rotatable bonds is 4. The van der Waals surface area contributed by atoms with Crippen molar-refractivity contribution in [3.8, 4) is 0 Å². The van der Waals surface area contributed by atoms with Gasteiger partial charge >= 0.3 is 5.97 Å². The molecule has 1 fully saturated rings. The Morgan fingerprint density at radius 1 is 1.43 bits per heavy atom. The third-order valence-electron chi connectivity index (χ3n) is 2.52. The molecule has 14 heavy (non-hydrogen) atoms. The smallest absolute Gasteiger partial charge is 0.306 e. The Balaban J connectivity index is 2.36. The summed E-state index contributed by atoms with van der Waals surface area (Å²) < 4.78 is 13.7. The Kier molecular flexibility index (Phi) is 3.86. The minimum atomic E-state index is -1.59. The molecule has 1 N–H and O–H groups in total. The van der Waals surface area contributed by atoms with Crippen molar-refractivity contribution in [1.82, 2.24) is 4.90 Å². The highest BCUT2D eigenvalue weighted by Gasteiger charge is 2.29. The number of likely N-dealkylation sites (tertiary alicyclic amines) is 1. The van der Waals surface area contributed by atoms with Crippen molar-refractivity contribution in [2.24, 2.45) is 0 Å². The fourth-order valence-corrected chi connectivity index (χ4v) is 1.95. The SMILES string of the molecule is CC(F)(CC(=O)O)CN1CCCCC1. The summed E-state index contributed by atoms with van der Waals surface area (Å²) in [5.74, 6) is -1.06. The highest BCUT2D eigenvalue weighted by Crippen LogP contribution is 2.19. The van der Waals surface area contributed by atoms with E-state index in [9.17, 15) is 9.18 Å². The molecule has 0 aromatic heterocycles. The molecule has 1 atom stereocenters. The lowest BCUT2D eigenvalue weighted by atomic mass is 10.0. The second-order valence-electron chi connectivity index (χ2n) is 4.32. The quantitative estimate of drug-likeness (QED) is 0.755. The van der Waals surface area contributed by atoms with Crippen LogP contribution < -0.4 is 0 Å². The van der Waals surface area contributed by atoms with E-state index in [0.717, 1.165) is 25.9 Å². The maximum atomic E-state index is 13.7. The van der Waals surface area contributed by atoms with E-state index in [4.69, 9.17) is 5.11 Å². The van der Waals surface area contributed by atoms with Crippen molar-refractivity contribution in [1.29, 1.82) is 0 Å². The normalized spacial score (nSPS) is 23.0. The summed E-state index contributed by atoms with van der Waals surface area (Å²) >= 11 is 0. The summed E-state index contributed by atoms with van der Waals surface area (Å²) in [5.41, 5.74) is -1.59. The molecular formula is C10H18FNO2. The molecule has 0 amide bonds. The van der Waals surface area contributed by atoms with Gasteiger partial charge in [-0.25, -0.2) is 4.39 Å². The van der Waals surface area contributed by atoms with Crippen molar-refractivity contribution in [2.75, 3.05) is 19.6 Å². The van der Waals surface area contributed by atoms with Crippen LogP contribution in [0.25, 0.3) is 0 Å². The van der Waals surface area contributed by atoms with Crippen molar-refractivity contribution in [3.05, 3.63) is 0 Å². The van der Waals surface area contributed by atoms with Gasteiger partial charge < -0.3 is 10.0 Å². The van der Waals surface area contributed by atoms with Gasteiger partial charge in [-0.2, -0.15) is 0 Å². The van der Waals surface area contributed by atoms with Crippen LogP contribution in [-0.4, -0.2) is 41.3 Å². The van der Waals surface area contributed by atoms with Crippen LogP contribution in [0.15, 0.2) is 0 Å². The van der Waals surface area contributed by atoms with Gasteiger partial charge in [-0.05, 0) is 32.9 Å². The first-order valence-corrected chi connectivity index (χ1v) is 5.13. The van der Waals surface area contributed by atoms with Gasteiger partial charge in [0, 0.05) is 6.54 Å². The molecule has 0 saturated carbocycles. The number of halogens is 1. The van der Waals surface area contributed by atoms with Gasteiger partial charge in [-0.15, -0.1) is 0 Å². The molecule has 1 aliphatic rings. The Morgan fingerprint density at radius 2 is 2.00 bits per heavy atom. The van der Waals surface area contributed by atoms with Crippen LogP contribution in [0.1, 0.15) is 32.6 Å². The molecule has 0 aliphatic carbocycles. The van der Waals surface area contributed by atoms with Gasteiger partial charge in [0.25, 0.3) is 0 Å². The summed E-state index contributed by atoms with van der Waals surface area (Å²) in [4.78, 5) is 12.4. The lowest BCUT2D eigenvalue weighted by Gasteiger charge is -2.31. The van der Waals surface area contributed by atoms with E-state index < -0.39 is 18.1 Å². The fraction of sp³-hybridized carbons (Fsp3) is 0.900. The van der Waals surface area contributed by atoms with Crippen LogP contribution >= 0.6 is 0 Å². The number of carboxylic acids is 1. The minimum Gasteiger partial charge on any atom is -0.481 e. The Hall–Kier alpha value is -0.640. The highest BCUT2D eigenvalue weighted by atomic mass is 19.1. The van der Waals surface area contributed by atoms with Crippen LogP contribution in [0.3, 0.4) is 0 Å². The third kappa shape index (κ3) is 4.05. The number of aliphatic carboxylic acids is 1. The largest absolute Gasteiger partial charge is 0.481 e. The predicted molar refractivity (Wildman–Crippen MR) is 52.1 cm³/mol. The van der Waals surface area contributed by atoms with Gasteiger partial charge in [0.15, 0.2) is 0 Å². The van der Waals surface area contributed by atoms with Crippen molar-refractivity contribution in [2.45, 2.75) is 38.3 Å². The fourth-order valence-electron chi connectivity index (χ4n) is 1.95. The maximum absolute atomic E-state index is 13.7. The van der Waals surface area contributed by atoms with Crippen LogP contribution in [-0.2, 0) is 4.79 Å². The van der Waals surface area contributed by atoms with Crippen LogP contribution in [0.2, 0.25) is 0 Å². The molecule has 1 heterocycles. The van der Waals surface area contributed by atoms with Crippen LogP contribution in [0.4, 0.5) is 4.39 Å².